The number of aryl methyl sites for hydroxylation is 2. The highest BCUT2D eigenvalue weighted by Crippen LogP contribution is 2.31. The van der Waals surface area contributed by atoms with Gasteiger partial charge in [0.1, 0.15) is 6.61 Å². The van der Waals surface area contributed by atoms with Gasteiger partial charge in [-0.15, -0.1) is 0 Å². The summed E-state index contributed by atoms with van der Waals surface area (Å²) in [5.74, 6) is 1.25. The molecule has 0 spiro atoms. The molecule has 0 aliphatic carbocycles. The van der Waals surface area contributed by atoms with Crippen LogP contribution >= 0.6 is 0 Å². The van der Waals surface area contributed by atoms with Crippen LogP contribution in [0, 0.1) is 13.8 Å². The number of para-hydroxylation sites is 1. The monoisotopic (exact) mass is 272 g/mol. The lowest BCUT2D eigenvalue weighted by molar-refractivity contribution is 0.250. The summed E-state index contributed by atoms with van der Waals surface area (Å²) in [4.78, 5) is 0. The fraction of sp³-hybridized carbons (Fsp3) is 0.294. The Morgan fingerprint density at radius 1 is 1.05 bits per heavy atom. The van der Waals surface area contributed by atoms with Crippen LogP contribution in [0.1, 0.15) is 22.3 Å². The van der Waals surface area contributed by atoms with Crippen LogP contribution in [0.4, 0.5) is 0 Å². The highest BCUT2D eigenvalue weighted by Gasteiger charge is 2.10. The van der Waals surface area contributed by atoms with E-state index in [1.165, 1.54) is 11.1 Å². The zero-order valence-corrected chi connectivity index (χ0v) is 12.1. The number of hydrogen-bond acceptors (Lipinski definition) is 3. The molecule has 2 aromatic rings. The van der Waals surface area contributed by atoms with Gasteiger partial charge >= 0.3 is 0 Å². The van der Waals surface area contributed by atoms with E-state index >= 15 is 0 Å². The molecule has 0 amide bonds. The van der Waals surface area contributed by atoms with Crippen molar-refractivity contribution in [3.05, 3.63) is 58.7 Å². The number of rotatable bonds is 5. The lowest BCUT2D eigenvalue weighted by atomic mass is 10.1. The predicted octanol–water partition coefficient (Wildman–Crippen LogP) is 3.38. The molecule has 2 aromatic carbocycles. The normalized spacial score (nSPS) is 10.4. The Labute approximate surface area is 119 Å². The molecule has 2 rings (SSSR count). The Kier molecular flexibility index (Phi) is 4.64. The van der Waals surface area contributed by atoms with E-state index in [2.05, 4.69) is 32.0 Å². The van der Waals surface area contributed by atoms with Crippen LogP contribution in [0.2, 0.25) is 0 Å². The molecule has 0 saturated heterocycles. The molecular formula is C17H20O3. The zero-order chi connectivity index (χ0) is 14.5. The SMILES string of the molecule is COc1cccc(CO)c1OCc1cc(C)cc(C)c1. The molecule has 0 radical (unpaired) electrons. The smallest absolute Gasteiger partial charge is 0.167 e. The molecule has 0 fully saturated rings. The van der Waals surface area contributed by atoms with E-state index in [4.69, 9.17) is 9.47 Å². The van der Waals surface area contributed by atoms with Crippen LogP contribution in [-0.4, -0.2) is 12.2 Å². The van der Waals surface area contributed by atoms with Crippen LogP contribution in [-0.2, 0) is 13.2 Å². The summed E-state index contributed by atoms with van der Waals surface area (Å²) >= 11 is 0. The molecule has 0 heterocycles. The van der Waals surface area contributed by atoms with Crippen molar-refractivity contribution in [3.63, 3.8) is 0 Å². The minimum Gasteiger partial charge on any atom is -0.493 e. The standard InChI is InChI=1S/C17H20O3/c1-12-7-13(2)9-14(8-12)11-20-17-15(10-18)5-4-6-16(17)19-3/h4-9,18H,10-11H2,1-3H3. The van der Waals surface area contributed by atoms with Gasteiger partial charge in [0.2, 0.25) is 0 Å². The molecule has 0 bridgehead atoms. The van der Waals surface area contributed by atoms with Crippen molar-refractivity contribution in [2.24, 2.45) is 0 Å². The molecule has 20 heavy (non-hydrogen) atoms. The van der Waals surface area contributed by atoms with Gasteiger partial charge in [0, 0.05) is 5.56 Å². The maximum atomic E-state index is 9.39. The molecule has 3 heteroatoms. The third-order valence-corrected chi connectivity index (χ3v) is 3.12. The third kappa shape index (κ3) is 3.31. The van der Waals surface area contributed by atoms with E-state index in [0.29, 0.717) is 18.1 Å². The van der Waals surface area contributed by atoms with Crippen molar-refractivity contribution in [2.75, 3.05) is 7.11 Å². The molecule has 1 N–H and O–H groups in total. The first-order valence-corrected chi connectivity index (χ1v) is 6.60. The lowest BCUT2D eigenvalue weighted by Crippen LogP contribution is -2.01. The summed E-state index contributed by atoms with van der Waals surface area (Å²) in [6.07, 6.45) is 0. The first kappa shape index (κ1) is 14.4. The molecule has 0 aliphatic rings. The summed E-state index contributed by atoms with van der Waals surface area (Å²) in [7, 11) is 1.60. The van der Waals surface area contributed by atoms with E-state index in [-0.39, 0.29) is 6.61 Å². The quantitative estimate of drug-likeness (QED) is 0.906. The number of aliphatic hydroxyl groups is 1. The second kappa shape index (κ2) is 6.44. The van der Waals surface area contributed by atoms with Crippen LogP contribution in [0.15, 0.2) is 36.4 Å². The van der Waals surface area contributed by atoms with Crippen LogP contribution in [0.5, 0.6) is 11.5 Å². The third-order valence-electron chi connectivity index (χ3n) is 3.12. The Morgan fingerprint density at radius 3 is 2.35 bits per heavy atom. The summed E-state index contributed by atoms with van der Waals surface area (Å²) in [6.45, 7) is 4.52. The van der Waals surface area contributed by atoms with Gasteiger partial charge in [0.05, 0.1) is 13.7 Å². The number of aliphatic hydroxyl groups excluding tert-OH is 1. The Hall–Kier alpha value is -2.00. The number of ether oxygens (including phenoxy) is 2. The van der Waals surface area contributed by atoms with Crippen molar-refractivity contribution >= 4 is 0 Å². The van der Waals surface area contributed by atoms with Gasteiger partial charge in [0.25, 0.3) is 0 Å². The van der Waals surface area contributed by atoms with Crippen molar-refractivity contribution in [1.82, 2.24) is 0 Å². The Morgan fingerprint density at radius 2 is 1.75 bits per heavy atom. The molecule has 0 saturated carbocycles. The molecule has 3 nitrogen and oxygen atoms in total. The van der Waals surface area contributed by atoms with E-state index in [9.17, 15) is 5.11 Å². The minimum atomic E-state index is -0.0701. The van der Waals surface area contributed by atoms with Crippen LogP contribution in [0.3, 0.4) is 0 Å². The lowest BCUT2D eigenvalue weighted by Gasteiger charge is -2.14. The van der Waals surface area contributed by atoms with Crippen LogP contribution < -0.4 is 9.47 Å². The summed E-state index contributed by atoms with van der Waals surface area (Å²) < 4.78 is 11.1. The number of hydrogen-bond donors (Lipinski definition) is 1. The van der Waals surface area contributed by atoms with Gasteiger partial charge in [-0.1, -0.05) is 41.5 Å². The second-order valence-corrected chi connectivity index (χ2v) is 4.89. The summed E-state index contributed by atoms with van der Waals surface area (Å²) in [5, 5.41) is 9.39. The zero-order valence-electron chi connectivity index (χ0n) is 12.1. The first-order chi connectivity index (χ1) is 9.63. The molecular weight excluding hydrogens is 252 g/mol. The van der Waals surface area contributed by atoms with E-state index < -0.39 is 0 Å². The average molecular weight is 272 g/mol. The highest BCUT2D eigenvalue weighted by atomic mass is 16.5. The van der Waals surface area contributed by atoms with Crippen molar-refractivity contribution in [1.29, 1.82) is 0 Å². The van der Waals surface area contributed by atoms with E-state index in [1.54, 1.807) is 7.11 Å². The van der Waals surface area contributed by atoms with E-state index in [0.717, 1.165) is 11.1 Å². The van der Waals surface area contributed by atoms with Gasteiger partial charge in [-0.25, -0.2) is 0 Å². The number of methoxy groups -OCH3 is 1. The van der Waals surface area contributed by atoms with Gasteiger partial charge in [-0.2, -0.15) is 0 Å². The molecule has 0 aromatic heterocycles. The van der Waals surface area contributed by atoms with Crippen molar-refractivity contribution < 1.29 is 14.6 Å². The first-order valence-electron chi connectivity index (χ1n) is 6.60. The summed E-state index contributed by atoms with van der Waals surface area (Å²) in [5.41, 5.74) is 4.27. The van der Waals surface area contributed by atoms with Crippen molar-refractivity contribution in [2.45, 2.75) is 27.1 Å². The largest absolute Gasteiger partial charge is 0.493 e. The Bertz CT molecular complexity index is 548. The van der Waals surface area contributed by atoms with Crippen LogP contribution in [0.25, 0.3) is 0 Å². The maximum absolute atomic E-state index is 9.39. The molecule has 0 unspecified atom stereocenters. The fourth-order valence-electron chi connectivity index (χ4n) is 2.32. The molecule has 0 aliphatic heterocycles. The van der Waals surface area contributed by atoms with Gasteiger partial charge in [0.15, 0.2) is 11.5 Å². The maximum Gasteiger partial charge on any atom is 0.167 e. The number of benzene rings is 2. The molecule has 106 valence electrons. The molecule has 0 atom stereocenters. The van der Waals surface area contributed by atoms with Gasteiger partial charge in [-0.3, -0.25) is 0 Å². The average Bonchev–Trinajstić information content (AvgIpc) is 2.43. The second-order valence-electron chi connectivity index (χ2n) is 4.89. The minimum absolute atomic E-state index is 0.0701. The van der Waals surface area contributed by atoms with Crippen molar-refractivity contribution in [3.8, 4) is 11.5 Å². The Balaban J connectivity index is 2.22. The topological polar surface area (TPSA) is 38.7 Å². The predicted molar refractivity (Wildman–Crippen MR) is 79.2 cm³/mol. The van der Waals surface area contributed by atoms with Gasteiger partial charge in [-0.05, 0) is 25.5 Å². The van der Waals surface area contributed by atoms with Gasteiger partial charge < -0.3 is 14.6 Å². The fourth-order valence-corrected chi connectivity index (χ4v) is 2.32. The highest BCUT2D eigenvalue weighted by molar-refractivity contribution is 5.46. The van der Waals surface area contributed by atoms with E-state index in [1.807, 2.05) is 18.2 Å². The summed E-state index contributed by atoms with van der Waals surface area (Å²) in [6, 6.07) is 11.8.